The topological polar surface area (TPSA) is 86.0 Å². The van der Waals surface area contributed by atoms with Gasteiger partial charge in [0.05, 0.1) is 17.8 Å². The summed E-state index contributed by atoms with van der Waals surface area (Å²) < 4.78 is 5.51. The molecule has 0 amide bonds. The molecule has 0 bridgehead atoms. The van der Waals surface area contributed by atoms with Gasteiger partial charge in [-0.3, -0.25) is 5.43 Å². The molecule has 2 aromatic rings. The number of hydrogen-bond donors (Lipinski definition) is 2. The van der Waals surface area contributed by atoms with Crippen LogP contribution in [0.4, 0.5) is 5.95 Å². The molecule has 0 spiro atoms. The normalized spacial score (nSPS) is 10.2. The van der Waals surface area contributed by atoms with Gasteiger partial charge in [-0.15, -0.1) is 11.3 Å². The number of hydrogen-bond acceptors (Lipinski definition) is 7. The number of nitrogens with one attached hydrogen (secondary N) is 1. The molecule has 90 valence electrons. The van der Waals surface area contributed by atoms with E-state index in [0.29, 0.717) is 18.4 Å². The van der Waals surface area contributed by atoms with Gasteiger partial charge in [0.25, 0.3) is 0 Å². The van der Waals surface area contributed by atoms with Crippen molar-refractivity contribution in [3.8, 4) is 5.88 Å². The number of thiazole rings is 1. The number of anilines is 1. The van der Waals surface area contributed by atoms with Crippen LogP contribution in [0.1, 0.15) is 10.6 Å². The predicted molar refractivity (Wildman–Crippen MR) is 65.9 cm³/mol. The van der Waals surface area contributed by atoms with Crippen LogP contribution in [0.15, 0.2) is 17.8 Å². The van der Waals surface area contributed by atoms with Crippen molar-refractivity contribution in [2.45, 2.75) is 13.3 Å². The number of aryl methyl sites for hydroxylation is 1. The summed E-state index contributed by atoms with van der Waals surface area (Å²) in [5.41, 5.74) is 5.27. The maximum absolute atomic E-state index is 5.51. The zero-order valence-corrected chi connectivity index (χ0v) is 10.2. The Balaban J connectivity index is 1.87. The Kier molecular flexibility index (Phi) is 3.84. The van der Waals surface area contributed by atoms with Crippen LogP contribution >= 0.6 is 11.3 Å². The average Bonchev–Trinajstić information content (AvgIpc) is 2.76. The monoisotopic (exact) mass is 251 g/mol. The summed E-state index contributed by atoms with van der Waals surface area (Å²) >= 11 is 1.64. The third kappa shape index (κ3) is 3.11. The summed E-state index contributed by atoms with van der Waals surface area (Å²) in [4.78, 5) is 13.4. The highest BCUT2D eigenvalue weighted by Gasteiger charge is 2.03. The highest BCUT2D eigenvalue weighted by molar-refractivity contribution is 7.09. The van der Waals surface area contributed by atoms with Crippen molar-refractivity contribution >= 4 is 17.3 Å². The molecule has 0 saturated carbocycles. The van der Waals surface area contributed by atoms with Crippen LogP contribution in [0.3, 0.4) is 0 Å². The highest BCUT2D eigenvalue weighted by Crippen LogP contribution is 2.14. The van der Waals surface area contributed by atoms with E-state index in [9.17, 15) is 0 Å². The zero-order valence-electron chi connectivity index (χ0n) is 9.38. The third-order valence-corrected chi connectivity index (χ3v) is 3.18. The van der Waals surface area contributed by atoms with Gasteiger partial charge in [-0.1, -0.05) is 0 Å². The van der Waals surface area contributed by atoms with Crippen molar-refractivity contribution < 1.29 is 4.74 Å². The summed E-state index contributed by atoms with van der Waals surface area (Å²) in [7, 11) is 0. The number of hydrazine groups is 1. The summed E-state index contributed by atoms with van der Waals surface area (Å²) in [5.74, 6) is 6.06. The van der Waals surface area contributed by atoms with E-state index in [1.807, 2.05) is 12.4 Å². The second-order valence-electron chi connectivity index (χ2n) is 3.32. The number of ether oxygens (including phenoxy) is 1. The van der Waals surface area contributed by atoms with Crippen molar-refractivity contribution in [3.63, 3.8) is 0 Å². The lowest BCUT2D eigenvalue weighted by Crippen LogP contribution is -2.11. The first-order chi connectivity index (χ1) is 8.29. The Hall–Kier alpha value is -1.73. The minimum Gasteiger partial charge on any atom is -0.477 e. The maximum atomic E-state index is 5.51. The molecule has 2 heterocycles. The van der Waals surface area contributed by atoms with E-state index >= 15 is 0 Å². The van der Waals surface area contributed by atoms with Gasteiger partial charge in [-0.05, 0) is 6.92 Å². The summed E-state index contributed by atoms with van der Waals surface area (Å²) in [6.07, 6.45) is 2.42. The molecular weight excluding hydrogens is 238 g/mol. The predicted octanol–water partition coefficient (Wildman–Crippen LogP) is 1.15. The van der Waals surface area contributed by atoms with Crippen LogP contribution < -0.4 is 16.0 Å². The molecule has 0 aromatic carbocycles. The Bertz CT molecular complexity index is 487. The quantitative estimate of drug-likeness (QED) is 0.612. The van der Waals surface area contributed by atoms with Crippen LogP contribution in [-0.4, -0.2) is 21.6 Å². The molecule has 0 fully saturated rings. The first-order valence-electron chi connectivity index (χ1n) is 5.11. The fraction of sp³-hybridized carbons (Fsp3) is 0.300. The smallest absolute Gasteiger partial charge is 0.240 e. The molecule has 2 rings (SSSR count). The molecule has 7 heteroatoms. The Morgan fingerprint density at radius 1 is 1.47 bits per heavy atom. The molecule has 0 atom stereocenters. The maximum Gasteiger partial charge on any atom is 0.240 e. The molecule has 6 nitrogen and oxygen atoms in total. The molecule has 3 N–H and O–H groups in total. The van der Waals surface area contributed by atoms with Gasteiger partial charge in [-0.25, -0.2) is 15.8 Å². The second-order valence-corrected chi connectivity index (χ2v) is 4.26. The van der Waals surface area contributed by atoms with E-state index < -0.39 is 0 Å². The Morgan fingerprint density at radius 3 is 3.06 bits per heavy atom. The van der Waals surface area contributed by atoms with Crippen molar-refractivity contribution in [2.75, 3.05) is 12.0 Å². The van der Waals surface area contributed by atoms with E-state index in [0.717, 1.165) is 12.1 Å². The standard InChI is InChI=1S/C10H13N5OS/c1-7-8(17-6-13-7)3-5-16-9-2-4-12-10(14-9)15-11/h2,4,6H,3,5,11H2,1H3,(H,12,14,15). The lowest BCUT2D eigenvalue weighted by molar-refractivity contribution is 0.310. The number of aromatic nitrogens is 3. The molecule has 2 aromatic heterocycles. The molecule has 0 unspecified atom stereocenters. The Labute approximate surface area is 103 Å². The van der Waals surface area contributed by atoms with E-state index in [4.69, 9.17) is 10.6 Å². The van der Waals surface area contributed by atoms with Crippen LogP contribution in [-0.2, 0) is 6.42 Å². The lowest BCUT2D eigenvalue weighted by atomic mass is 10.3. The fourth-order valence-corrected chi connectivity index (χ4v) is 2.07. The van der Waals surface area contributed by atoms with Gasteiger partial charge in [-0.2, -0.15) is 4.98 Å². The summed E-state index contributed by atoms with van der Waals surface area (Å²) in [6, 6.07) is 1.69. The van der Waals surface area contributed by atoms with E-state index in [1.165, 1.54) is 4.88 Å². The van der Waals surface area contributed by atoms with Gasteiger partial charge in [0.15, 0.2) is 0 Å². The van der Waals surface area contributed by atoms with Crippen molar-refractivity contribution in [2.24, 2.45) is 5.84 Å². The lowest BCUT2D eigenvalue weighted by Gasteiger charge is -2.05. The zero-order chi connectivity index (χ0) is 12.1. The van der Waals surface area contributed by atoms with Crippen LogP contribution in [0, 0.1) is 6.92 Å². The fourth-order valence-electron chi connectivity index (χ4n) is 1.31. The largest absolute Gasteiger partial charge is 0.477 e. The van der Waals surface area contributed by atoms with Crippen LogP contribution in [0.2, 0.25) is 0 Å². The van der Waals surface area contributed by atoms with E-state index in [2.05, 4.69) is 20.4 Å². The SMILES string of the molecule is Cc1ncsc1CCOc1ccnc(NN)n1. The van der Waals surface area contributed by atoms with Gasteiger partial charge in [0, 0.05) is 23.6 Å². The molecular formula is C10H13N5OS. The van der Waals surface area contributed by atoms with E-state index in [1.54, 1.807) is 23.6 Å². The van der Waals surface area contributed by atoms with Gasteiger partial charge in [0.1, 0.15) is 0 Å². The van der Waals surface area contributed by atoms with Crippen LogP contribution in [0.5, 0.6) is 5.88 Å². The van der Waals surface area contributed by atoms with Gasteiger partial charge < -0.3 is 4.74 Å². The molecule has 0 radical (unpaired) electrons. The van der Waals surface area contributed by atoms with Crippen molar-refractivity contribution in [1.29, 1.82) is 0 Å². The minimum absolute atomic E-state index is 0.344. The highest BCUT2D eigenvalue weighted by atomic mass is 32.1. The van der Waals surface area contributed by atoms with Crippen molar-refractivity contribution in [3.05, 3.63) is 28.3 Å². The van der Waals surface area contributed by atoms with E-state index in [-0.39, 0.29) is 0 Å². The number of rotatable bonds is 5. The number of nitrogens with zero attached hydrogens (tertiary/aromatic N) is 3. The molecule has 0 saturated heterocycles. The van der Waals surface area contributed by atoms with Gasteiger partial charge in [0.2, 0.25) is 11.8 Å². The minimum atomic E-state index is 0.344. The first-order valence-corrected chi connectivity index (χ1v) is 5.99. The average molecular weight is 251 g/mol. The number of nitrogen functional groups attached to an aromatic ring is 1. The molecule has 0 aliphatic carbocycles. The molecule has 17 heavy (non-hydrogen) atoms. The second kappa shape index (κ2) is 5.55. The van der Waals surface area contributed by atoms with Crippen molar-refractivity contribution in [1.82, 2.24) is 15.0 Å². The van der Waals surface area contributed by atoms with Crippen LogP contribution in [0.25, 0.3) is 0 Å². The number of nitrogens with two attached hydrogens (primary N) is 1. The van der Waals surface area contributed by atoms with Gasteiger partial charge >= 0.3 is 0 Å². The summed E-state index contributed by atoms with van der Waals surface area (Å²) in [5, 5.41) is 0. The third-order valence-electron chi connectivity index (χ3n) is 2.18. The first kappa shape index (κ1) is 11.7. The Morgan fingerprint density at radius 2 is 2.35 bits per heavy atom. The summed E-state index contributed by atoms with van der Waals surface area (Å²) in [6.45, 7) is 2.55. The molecule has 0 aliphatic heterocycles. The molecule has 0 aliphatic rings.